The van der Waals surface area contributed by atoms with Crippen LogP contribution in [0, 0.1) is 6.92 Å². The SMILES string of the molecule is COC(=O)C(C)NS(=O)(=O)c1cccc(N)c1C. The normalized spacial score (nSPS) is 13.1. The number of rotatable bonds is 4. The van der Waals surface area contributed by atoms with Gasteiger partial charge in [0.25, 0.3) is 0 Å². The van der Waals surface area contributed by atoms with E-state index in [9.17, 15) is 13.2 Å². The van der Waals surface area contributed by atoms with Crippen molar-refractivity contribution in [1.29, 1.82) is 0 Å². The number of sulfonamides is 1. The molecule has 0 saturated heterocycles. The van der Waals surface area contributed by atoms with E-state index in [2.05, 4.69) is 9.46 Å². The highest BCUT2D eigenvalue weighted by molar-refractivity contribution is 7.89. The van der Waals surface area contributed by atoms with E-state index < -0.39 is 22.0 Å². The van der Waals surface area contributed by atoms with Gasteiger partial charge >= 0.3 is 5.97 Å². The number of nitrogens with two attached hydrogens (primary N) is 1. The molecule has 100 valence electrons. The van der Waals surface area contributed by atoms with Crippen LogP contribution in [0.4, 0.5) is 5.69 Å². The van der Waals surface area contributed by atoms with E-state index in [1.54, 1.807) is 19.1 Å². The number of ether oxygens (including phenoxy) is 1. The zero-order valence-electron chi connectivity index (χ0n) is 10.4. The van der Waals surface area contributed by atoms with Crippen molar-refractivity contribution >= 4 is 21.7 Å². The highest BCUT2D eigenvalue weighted by Gasteiger charge is 2.24. The summed E-state index contributed by atoms with van der Waals surface area (Å²) in [5.41, 5.74) is 6.47. The zero-order valence-corrected chi connectivity index (χ0v) is 11.2. The van der Waals surface area contributed by atoms with Crippen molar-refractivity contribution in [2.45, 2.75) is 24.8 Å². The lowest BCUT2D eigenvalue weighted by Gasteiger charge is -2.14. The molecule has 0 aromatic heterocycles. The molecule has 1 unspecified atom stereocenters. The number of carbonyl (C=O) groups excluding carboxylic acids is 1. The molecule has 6 nitrogen and oxygen atoms in total. The molecule has 0 saturated carbocycles. The molecule has 0 aliphatic heterocycles. The summed E-state index contributed by atoms with van der Waals surface area (Å²) in [6.45, 7) is 3.01. The summed E-state index contributed by atoms with van der Waals surface area (Å²) < 4.78 is 30.8. The van der Waals surface area contributed by atoms with Gasteiger partial charge in [-0.25, -0.2) is 8.42 Å². The number of methoxy groups -OCH3 is 1. The van der Waals surface area contributed by atoms with Crippen LogP contribution >= 0.6 is 0 Å². The molecule has 0 bridgehead atoms. The number of nitrogen functional groups attached to an aromatic ring is 1. The van der Waals surface area contributed by atoms with Gasteiger partial charge in [0.15, 0.2) is 0 Å². The van der Waals surface area contributed by atoms with Crippen molar-refractivity contribution in [1.82, 2.24) is 4.72 Å². The Morgan fingerprint density at radius 1 is 1.44 bits per heavy atom. The van der Waals surface area contributed by atoms with E-state index in [0.29, 0.717) is 11.3 Å². The molecule has 0 aliphatic carbocycles. The van der Waals surface area contributed by atoms with E-state index in [0.717, 1.165) is 0 Å². The van der Waals surface area contributed by atoms with Crippen LogP contribution < -0.4 is 10.5 Å². The largest absolute Gasteiger partial charge is 0.468 e. The van der Waals surface area contributed by atoms with Crippen molar-refractivity contribution < 1.29 is 17.9 Å². The quantitative estimate of drug-likeness (QED) is 0.611. The first-order valence-electron chi connectivity index (χ1n) is 5.25. The molecule has 0 radical (unpaired) electrons. The zero-order chi connectivity index (χ0) is 13.9. The molecule has 0 heterocycles. The van der Waals surface area contributed by atoms with Gasteiger partial charge in [-0.05, 0) is 31.5 Å². The number of carbonyl (C=O) groups is 1. The second kappa shape index (κ2) is 5.36. The van der Waals surface area contributed by atoms with Gasteiger partial charge in [-0.2, -0.15) is 4.72 Å². The standard InChI is InChI=1S/C11H16N2O4S/c1-7-9(12)5-4-6-10(7)18(15,16)13-8(2)11(14)17-3/h4-6,8,13H,12H2,1-3H3. The average Bonchev–Trinajstić information content (AvgIpc) is 2.30. The number of anilines is 1. The van der Waals surface area contributed by atoms with Crippen molar-refractivity contribution in [3.8, 4) is 0 Å². The summed E-state index contributed by atoms with van der Waals surface area (Å²) in [7, 11) is -2.61. The molecule has 1 rings (SSSR count). The molecule has 0 amide bonds. The van der Waals surface area contributed by atoms with Crippen LogP contribution in [0.5, 0.6) is 0 Å². The number of hydrogen-bond donors (Lipinski definition) is 2. The summed E-state index contributed by atoms with van der Waals surface area (Å²) in [5.74, 6) is -0.653. The molecule has 1 aromatic carbocycles. The Morgan fingerprint density at radius 3 is 2.61 bits per heavy atom. The maximum absolute atomic E-state index is 12.1. The predicted molar refractivity (Wildman–Crippen MR) is 67.4 cm³/mol. The van der Waals surface area contributed by atoms with Crippen LogP contribution in [-0.2, 0) is 19.6 Å². The Hall–Kier alpha value is -1.60. The van der Waals surface area contributed by atoms with Crippen LogP contribution in [-0.4, -0.2) is 27.5 Å². The van der Waals surface area contributed by atoms with E-state index in [4.69, 9.17) is 5.73 Å². The molecule has 0 fully saturated rings. The summed E-state index contributed by atoms with van der Waals surface area (Å²) >= 11 is 0. The average molecular weight is 272 g/mol. The fourth-order valence-corrected chi connectivity index (χ4v) is 2.91. The third-order valence-electron chi connectivity index (χ3n) is 2.50. The Morgan fingerprint density at radius 2 is 2.06 bits per heavy atom. The lowest BCUT2D eigenvalue weighted by molar-refractivity contribution is -0.142. The molecule has 7 heteroatoms. The fraction of sp³-hybridized carbons (Fsp3) is 0.364. The maximum atomic E-state index is 12.1. The molecular formula is C11H16N2O4S. The summed E-state index contributed by atoms with van der Waals surface area (Å²) in [6, 6.07) is 3.62. The molecular weight excluding hydrogens is 256 g/mol. The van der Waals surface area contributed by atoms with Crippen molar-refractivity contribution in [2.24, 2.45) is 0 Å². The first-order chi connectivity index (χ1) is 8.29. The second-order valence-corrected chi connectivity index (χ2v) is 5.52. The van der Waals surface area contributed by atoms with Gasteiger partial charge in [0.2, 0.25) is 10.0 Å². The van der Waals surface area contributed by atoms with Crippen LogP contribution in [0.25, 0.3) is 0 Å². The summed E-state index contributed by atoms with van der Waals surface area (Å²) in [6.07, 6.45) is 0. The first kappa shape index (κ1) is 14.5. The highest BCUT2D eigenvalue weighted by Crippen LogP contribution is 2.20. The number of esters is 1. The van der Waals surface area contributed by atoms with Crippen molar-refractivity contribution in [3.63, 3.8) is 0 Å². The third kappa shape index (κ3) is 2.99. The Labute approximate surface area is 106 Å². The molecule has 0 aliphatic rings. The minimum Gasteiger partial charge on any atom is -0.468 e. The van der Waals surface area contributed by atoms with Gasteiger partial charge in [0, 0.05) is 5.69 Å². The van der Waals surface area contributed by atoms with Gasteiger partial charge in [-0.3, -0.25) is 4.79 Å². The lowest BCUT2D eigenvalue weighted by atomic mass is 10.2. The van der Waals surface area contributed by atoms with E-state index in [1.165, 1.54) is 20.1 Å². The van der Waals surface area contributed by atoms with Crippen LogP contribution in [0.15, 0.2) is 23.1 Å². The smallest absolute Gasteiger partial charge is 0.323 e. The molecule has 1 atom stereocenters. The van der Waals surface area contributed by atoms with Gasteiger partial charge in [0.1, 0.15) is 6.04 Å². The summed E-state index contributed by atoms with van der Waals surface area (Å²) in [5, 5.41) is 0. The predicted octanol–water partition coefficient (Wildman–Crippen LogP) is 0.417. The molecule has 18 heavy (non-hydrogen) atoms. The van der Waals surface area contributed by atoms with Gasteiger partial charge in [-0.1, -0.05) is 6.07 Å². The first-order valence-corrected chi connectivity index (χ1v) is 6.73. The van der Waals surface area contributed by atoms with Crippen LogP contribution in [0.3, 0.4) is 0 Å². The highest BCUT2D eigenvalue weighted by atomic mass is 32.2. The van der Waals surface area contributed by atoms with Gasteiger partial charge < -0.3 is 10.5 Å². The topological polar surface area (TPSA) is 98.5 Å². The fourth-order valence-electron chi connectivity index (χ4n) is 1.44. The van der Waals surface area contributed by atoms with Gasteiger partial charge in [0.05, 0.1) is 12.0 Å². The monoisotopic (exact) mass is 272 g/mol. The Kier molecular flexibility index (Phi) is 4.31. The minimum absolute atomic E-state index is 0.0539. The Balaban J connectivity index is 3.08. The van der Waals surface area contributed by atoms with Crippen molar-refractivity contribution in [3.05, 3.63) is 23.8 Å². The van der Waals surface area contributed by atoms with Crippen molar-refractivity contribution in [2.75, 3.05) is 12.8 Å². The number of hydrogen-bond acceptors (Lipinski definition) is 5. The van der Waals surface area contributed by atoms with Crippen LogP contribution in [0.2, 0.25) is 0 Å². The molecule has 1 aromatic rings. The van der Waals surface area contributed by atoms with Crippen LogP contribution in [0.1, 0.15) is 12.5 Å². The summed E-state index contributed by atoms with van der Waals surface area (Å²) in [4.78, 5) is 11.3. The van der Waals surface area contributed by atoms with Gasteiger partial charge in [-0.15, -0.1) is 0 Å². The Bertz CT molecular complexity index is 554. The second-order valence-electron chi connectivity index (χ2n) is 3.84. The molecule has 0 spiro atoms. The lowest BCUT2D eigenvalue weighted by Crippen LogP contribution is -2.39. The van der Waals surface area contributed by atoms with E-state index >= 15 is 0 Å². The number of benzene rings is 1. The number of nitrogens with one attached hydrogen (secondary N) is 1. The maximum Gasteiger partial charge on any atom is 0.323 e. The third-order valence-corrected chi connectivity index (χ3v) is 4.19. The van der Waals surface area contributed by atoms with E-state index in [1.807, 2.05) is 0 Å². The minimum atomic E-state index is -3.80. The van der Waals surface area contributed by atoms with E-state index in [-0.39, 0.29) is 4.90 Å². The molecule has 3 N–H and O–H groups in total.